The van der Waals surface area contributed by atoms with Gasteiger partial charge in [0.25, 0.3) is 0 Å². The molecule has 310 valence electrons. The van der Waals surface area contributed by atoms with Gasteiger partial charge in [-0.2, -0.15) is 0 Å². The molecule has 0 spiro atoms. The molecular formula is C46H70Br2N2S4Si2. The van der Waals surface area contributed by atoms with Crippen LogP contribution in [-0.4, -0.2) is 25.3 Å². The molecule has 0 atom stereocenters. The van der Waals surface area contributed by atoms with Gasteiger partial charge in [0.05, 0.1) is 59.6 Å². The standard InChI is InChI=1S/C46H70Br2N2S4Si2/c1-15-17-19-21-23-49-33-25-35(55(27(3)4,28(5)6)29(7)8)51-41(33)45-39(49)37(47)43(53-45)44-38(48)40-46(54-44)42-34(50(40)24-22-20-18-16-2)26-36(52-42)56(30(9)10,31(11)12)32(13)14/h25-32H,15-24H2,1-14H3. The highest BCUT2D eigenvalue weighted by Crippen LogP contribution is 2.56. The van der Waals surface area contributed by atoms with Crippen molar-refractivity contribution in [3.8, 4) is 9.75 Å². The normalized spacial score (nSPS) is 13.6. The molecule has 6 aromatic rings. The second-order valence-electron chi connectivity index (χ2n) is 18.7. The Bertz CT molecular complexity index is 2070. The Kier molecular flexibility index (Phi) is 14.6. The SMILES string of the molecule is CCCCCCn1c2cc([Si](C(C)C)(C(C)C)C(C)C)sc2c2sc(-c3sc4c5sc([Si](C(C)C)(C(C)C)C(C)C)cc5n(CCCCCC)c4c3Br)c(Br)c21. The van der Waals surface area contributed by atoms with Gasteiger partial charge in [0.2, 0.25) is 0 Å². The lowest BCUT2D eigenvalue weighted by atomic mass is 10.2. The Morgan fingerprint density at radius 1 is 0.464 bits per heavy atom. The predicted molar refractivity (Wildman–Crippen MR) is 274 cm³/mol. The summed E-state index contributed by atoms with van der Waals surface area (Å²) in [6.07, 6.45) is 10.2. The highest BCUT2D eigenvalue weighted by molar-refractivity contribution is 9.11. The first-order valence-corrected chi connectivity index (χ1v) is 31.3. The topological polar surface area (TPSA) is 9.86 Å². The molecule has 0 aromatic carbocycles. The van der Waals surface area contributed by atoms with Gasteiger partial charge in [-0.25, -0.2) is 0 Å². The Hall–Kier alpha value is -0.206. The third kappa shape index (κ3) is 7.25. The molecule has 0 saturated carbocycles. The van der Waals surface area contributed by atoms with Crippen LogP contribution >= 0.6 is 77.2 Å². The fourth-order valence-corrected chi connectivity index (χ4v) is 36.9. The molecule has 10 heteroatoms. The minimum atomic E-state index is -1.79. The third-order valence-corrected chi connectivity index (χ3v) is 36.9. The molecule has 0 saturated heterocycles. The molecule has 0 aliphatic carbocycles. The Morgan fingerprint density at radius 3 is 1.07 bits per heavy atom. The summed E-state index contributed by atoms with van der Waals surface area (Å²) in [7, 11) is -3.57. The van der Waals surface area contributed by atoms with Crippen LogP contribution in [0.25, 0.3) is 50.6 Å². The second-order valence-corrected chi connectivity index (χ2v) is 36.9. The number of aryl methyl sites for hydroxylation is 2. The molecule has 6 rings (SSSR count). The number of nitrogens with zero attached hydrogens (tertiary/aromatic N) is 2. The number of hydrogen-bond donors (Lipinski definition) is 0. The Morgan fingerprint density at radius 2 is 0.786 bits per heavy atom. The van der Waals surface area contributed by atoms with Gasteiger partial charge in [-0.15, -0.1) is 45.3 Å². The van der Waals surface area contributed by atoms with E-state index in [1.807, 2.05) is 22.7 Å². The predicted octanol–water partition coefficient (Wildman–Crippen LogP) is 18.3. The second kappa shape index (κ2) is 18.0. The van der Waals surface area contributed by atoms with E-state index in [9.17, 15) is 0 Å². The molecule has 56 heavy (non-hydrogen) atoms. The molecule has 0 aliphatic heterocycles. The van der Waals surface area contributed by atoms with E-state index in [0.29, 0.717) is 33.2 Å². The minimum Gasteiger partial charge on any atom is -0.338 e. The van der Waals surface area contributed by atoms with E-state index in [2.05, 4.69) is 173 Å². The number of unbranched alkanes of at least 4 members (excludes halogenated alkanes) is 6. The summed E-state index contributed by atoms with van der Waals surface area (Å²) in [6.45, 7) is 37.0. The number of fused-ring (bicyclic) bond motifs is 6. The van der Waals surface area contributed by atoms with Crippen LogP contribution in [0.3, 0.4) is 0 Å². The molecule has 2 nitrogen and oxygen atoms in total. The first-order chi connectivity index (χ1) is 26.5. The summed E-state index contributed by atoms with van der Waals surface area (Å²) in [5, 5.41) is 0. The average molecular weight is 995 g/mol. The summed E-state index contributed by atoms with van der Waals surface area (Å²) >= 11 is 17.1. The number of halogens is 2. The first kappa shape index (κ1) is 45.3. The lowest BCUT2D eigenvalue weighted by Crippen LogP contribution is -2.54. The molecule has 0 N–H and O–H groups in total. The van der Waals surface area contributed by atoms with E-state index in [1.54, 1.807) is 9.00 Å². The molecular weight excluding hydrogens is 925 g/mol. The fourth-order valence-electron chi connectivity index (χ4n) is 11.6. The average Bonchev–Trinajstić information content (AvgIpc) is 3.94. The van der Waals surface area contributed by atoms with E-state index in [-0.39, 0.29) is 0 Å². The van der Waals surface area contributed by atoms with Crippen LogP contribution < -0.4 is 9.00 Å². The van der Waals surface area contributed by atoms with Crippen molar-refractivity contribution in [1.29, 1.82) is 0 Å². The van der Waals surface area contributed by atoms with Crippen LogP contribution in [-0.2, 0) is 13.1 Å². The summed E-state index contributed by atoms with van der Waals surface area (Å²) in [4.78, 5) is 2.81. The van der Waals surface area contributed by atoms with E-state index in [0.717, 1.165) is 13.1 Å². The number of rotatable bonds is 19. The molecule has 0 bridgehead atoms. The quantitative estimate of drug-likeness (QED) is 0.0565. The highest BCUT2D eigenvalue weighted by atomic mass is 79.9. The Labute approximate surface area is 374 Å². The number of hydrogen-bond acceptors (Lipinski definition) is 4. The monoisotopic (exact) mass is 992 g/mol. The maximum Gasteiger partial charge on any atom is 0.107 e. The van der Waals surface area contributed by atoms with Gasteiger partial charge in [-0.05, 0) is 99.1 Å². The van der Waals surface area contributed by atoms with Crippen molar-refractivity contribution in [2.24, 2.45) is 0 Å². The zero-order valence-electron chi connectivity index (χ0n) is 37.0. The molecule has 6 heterocycles. The van der Waals surface area contributed by atoms with E-state index in [4.69, 9.17) is 0 Å². The van der Waals surface area contributed by atoms with Crippen LogP contribution in [0.4, 0.5) is 0 Å². The van der Waals surface area contributed by atoms with Gasteiger partial charge < -0.3 is 9.13 Å². The van der Waals surface area contributed by atoms with Gasteiger partial charge in [0, 0.05) is 13.1 Å². The molecule has 0 aliphatic rings. The molecule has 0 radical (unpaired) electrons. The van der Waals surface area contributed by atoms with Crippen molar-refractivity contribution in [2.75, 3.05) is 0 Å². The number of aromatic nitrogens is 2. The van der Waals surface area contributed by atoms with Gasteiger partial charge in [0.15, 0.2) is 0 Å². The first-order valence-electron chi connectivity index (χ1n) is 22.0. The van der Waals surface area contributed by atoms with Crippen LogP contribution in [0.5, 0.6) is 0 Å². The van der Waals surface area contributed by atoms with E-state index in [1.165, 1.54) is 111 Å². The Balaban J connectivity index is 1.59. The maximum absolute atomic E-state index is 4.33. The molecule has 0 amide bonds. The summed E-state index contributed by atoms with van der Waals surface area (Å²) < 4.78 is 17.5. The smallest absolute Gasteiger partial charge is 0.107 e. The van der Waals surface area contributed by atoms with Gasteiger partial charge in [-0.1, -0.05) is 135 Å². The third-order valence-electron chi connectivity index (χ3n) is 13.9. The maximum atomic E-state index is 4.33. The van der Waals surface area contributed by atoms with Crippen molar-refractivity contribution in [3.63, 3.8) is 0 Å². The fraction of sp³-hybridized carbons (Fsp3) is 0.652. The van der Waals surface area contributed by atoms with E-state index < -0.39 is 16.1 Å². The summed E-state index contributed by atoms with van der Waals surface area (Å²) in [5.41, 5.74) is 10.1. The van der Waals surface area contributed by atoms with Crippen molar-refractivity contribution < 1.29 is 0 Å². The largest absolute Gasteiger partial charge is 0.338 e. The van der Waals surface area contributed by atoms with Crippen molar-refractivity contribution in [1.82, 2.24) is 9.13 Å². The van der Waals surface area contributed by atoms with Gasteiger partial charge >= 0.3 is 0 Å². The van der Waals surface area contributed by atoms with Gasteiger partial charge in [0.1, 0.15) is 16.1 Å². The highest BCUT2D eigenvalue weighted by Gasteiger charge is 2.47. The lowest BCUT2D eigenvalue weighted by molar-refractivity contribution is 0.602. The molecule has 6 aromatic heterocycles. The number of thiophene rings is 4. The van der Waals surface area contributed by atoms with Crippen LogP contribution in [0.15, 0.2) is 21.1 Å². The van der Waals surface area contributed by atoms with Crippen molar-refractivity contribution in [2.45, 2.75) is 195 Å². The van der Waals surface area contributed by atoms with Crippen molar-refractivity contribution in [3.05, 3.63) is 21.1 Å². The summed E-state index contributed by atoms with van der Waals surface area (Å²) in [5.74, 6) is 0. The van der Waals surface area contributed by atoms with Crippen molar-refractivity contribution >= 4 is 143 Å². The molecule has 0 fully saturated rings. The zero-order chi connectivity index (χ0) is 41.0. The molecule has 0 unspecified atom stereocenters. The van der Waals surface area contributed by atoms with Crippen LogP contribution in [0.2, 0.25) is 33.2 Å². The van der Waals surface area contributed by atoms with Crippen LogP contribution in [0, 0.1) is 0 Å². The zero-order valence-corrected chi connectivity index (χ0v) is 45.4. The van der Waals surface area contributed by atoms with E-state index >= 15 is 0 Å². The summed E-state index contributed by atoms with van der Waals surface area (Å²) in [6, 6.07) is 5.36. The lowest BCUT2D eigenvalue weighted by Gasteiger charge is -2.42. The van der Waals surface area contributed by atoms with Crippen LogP contribution in [0.1, 0.15) is 148 Å². The minimum absolute atomic E-state index is 0.704. The van der Waals surface area contributed by atoms with Gasteiger partial charge in [-0.3, -0.25) is 0 Å².